The van der Waals surface area contributed by atoms with E-state index in [0.717, 1.165) is 10.9 Å². The van der Waals surface area contributed by atoms with Gasteiger partial charge in [-0.05, 0) is 35.7 Å². The highest BCUT2D eigenvalue weighted by Gasteiger charge is 2.23. The lowest BCUT2D eigenvalue weighted by Gasteiger charge is -2.19. The van der Waals surface area contributed by atoms with Gasteiger partial charge >= 0.3 is 0 Å². The van der Waals surface area contributed by atoms with Crippen molar-refractivity contribution in [2.75, 3.05) is 13.2 Å². The molecule has 0 radical (unpaired) electrons. The molecule has 1 aromatic heterocycles. The lowest BCUT2D eigenvalue weighted by molar-refractivity contribution is 0.0731. The summed E-state index contributed by atoms with van der Waals surface area (Å²) in [7, 11) is 0. The summed E-state index contributed by atoms with van der Waals surface area (Å²) < 4.78 is 5.68. The monoisotopic (exact) mass is 354 g/mol. The minimum Gasteiger partial charge on any atom is -0.491 e. The van der Waals surface area contributed by atoms with E-state index in [1.54, 1.807) is 29.2 Å². The van der Waals surface area contributed by atoms with E-state index >= 15 is 0 Å². The van der Waals surface area contributed by atoms with Crippen LogP contribution in [0.5, 0.6) is 5.75 Å². The number of carbonyl (C=O) groups is 1. The van der Waals surface area contributed by atoms with Crippen LogP contribution in [-0.4, -0.2) is 28.9 Å². The normalized spacial score (nSPS) is 13.9. The Labute approximate surface area is 148 Å². The van der Waals surface area contributed by atoms with Gasteiger partial charge in [-0.2, -0.15) is 0 Å². The molecule has 0 bridgehead atoms. The molecule has 2 aromatic carbocycles. The number of carbonyl (C=O) groups excluding carboxylic acids is 1. The molecule has 3 aromatic rings. The molecule has 0 spiro atoms. The number of amides is 1. The predicted octanol–water partition coefficient (Wildman–Crippen LogP) is 3.22. The minimum atomic E-state index is -0.389. The first-order chi connectivity index (χ1) is 12.1. The van der Waals surface area contributed by atoms with Crippen LogP contribution in [0.25, 0.3) is 10.9 Å². The van der Waals surface area contributed by atoms with Gasteiger partial charge in [-0.25, -0.2) is 0 Å². The molecule has 1 aliphatic rings. The first-order valence-electron chi connectivity index (χ1n) is 7.94. The molecule has 0 aliphatic carbocycles. The third kappa shape index (κ3) is 2.98. The number of rotatable bonds is 1. The molecule has 5 nitrogen and oxygen atoms in total. The number of ether oxygens (including phenoxy) is 1. The maximum absolute atomic E-state index is 12.9. The van der Waals surface area contributed by atoms with E-state index in [1.165, 1.54) is 0 Å². The summed E-state index contributed by atoms with van der Waals surface area (Å²) in [6.45, 7) is 1.12. The fourth-order valence-electron chi connectivity index (χ4n) is 3.01. The number of nitrogens with one attached hydrogen (secondary N) is 1. The number of hydrogen-bond donors (Lipinski definition) is 1. The Morgan fingerprint density at radius 2 is 2.00 bits per heavy atom. The maximum atomic E-state index is 12.9. The SMILES string of the molecule is O=C(c1cc2ccccc2[nH]c1=O)N1CCOc2ccc(Cl)cc2C1. The molecule has 0 saturated heterocycles. The fraction of sp³-hybridized carbons (Fsp3) is 0.158. The highest BCUT2D eigenvalue weighted by molar-refractivity contribution is 6.30. The largest absolute Gasteiger partial charge is 0.491 e. The lowest BCUT2D eigenvalue weighted by Crippen LogP contribution is -2.35. The maximum Gasteiger partial charge on any atom is 0.261 e. The smallest absolute Gasteiger partial charge is 0.261 e. The van der Waals surface area contributed by atoms with E-state index in [2.05, 4.69) is 4.98 Å². The van der Waals surface area contributed by atoms with Crippen LogP contribution in [0, 0.1) is 0 Å². The van der Waals surface area contributed by atoms with Crippen molar-refractivity contribution in [3.05, 3.63) is 75.0 Å². The van der Waals surface area contributed by atoms with Crippen molar-refractivity contribution in [1.29, 1.82) is 0 Å². The summed E-state index contributed by atoms with van der Waals surface area (Å²) in [5.41, 5.74) is 1.28. The number of fused-ring (bicyclic) bond motifs is 2. The highest BCUT2D eigenvalue weighted by atomic mass is 35.5. The molecule has 6 heteroatoms. The van der Waals surface area contributed by atoms with Crippen LogP contribution in [0.2, 0.25) is 5.02 Å². The quantitative estimate of drug-likeness (QED) is 0.730. The number of aromatic nitrogens is 1. The number of H-pyrrole nitrogens is 1. The van der Waals surface area contributed by atoms with Gasteiger partial charge < -0.3 is 14.6 Å². The molecule has 1 aliphatic heterocycles. The molecular formula is C19H15ClN2O3. The van der Waals surface area contributed by atoms with Gasteiger partial charge in [0.15, 0.2) is 0 Å². The standard InChI is InChI=1S/C19H15ClN2O3/c20-14-5-6-17-13(9-14)11-22(7-8-25-17)19(24)15-10-12-3-1-2-4-16(12)21-18(15)23/h1-6,9-10H,7-8,11H2,(H,21,23). The van der Waals surface area contributed by atoms with Gasteiger partial charge in [-0.1, -0.05) is 29.8 Å². The molecule has 1 amide bonds. The van der Waals surface area contributed by atoms with Crippen LogP contribution in [0.4, 0.5) is 0 Å². The first-order valence-corrected chi connectivity index (χ1v) is 8.32. The Morgan fingerprint density at radius 1 is 1.16 bits per heavy atom. The summed E-state index contributed by atoms with van der Waals surface area (Å²) >= 11 is 6.05. The molecule has 0 unspecified atom stereocenters. The zero-order chi connectivity index (χ0) is 17.4. The van der Waals surface area contributed by atoms with Crippen LogP contribution in [0.15, 0.2) is 53.3 Å². The van der Waals surface area contributed by atoms with E-state index in [-0.39, 0.29) is 17.0 Å². The van der Waals surface area contributed by atoms with Crippen molar-refractivity contribution in [3.8, 4) is 5.75 Å². The van der Waals surface area contributed by atoms with Crippen molar-refractivity contribution < 1.29 is 9.53 Å². The van der Waals surface area contributed by atoms with E-state index < -0.39 is 0 Å². The molecule has 4 rings (SSSR count). The summed E-state index contributed by atoms with van der Waals surface area (Å²) in [4.78, 5) is 29.7. The van der Waals surface area contributed by atoms with Gasteiger partial charge in [0, 0.05) is 22.6 Å². The van der Waals surface area contributed by atoms with E-state index in [0.29, 0.717) is 36.0 Å². The van der Waals surface area contributed by atoms with Crippen molar-refractivity contribution >= 4 is 28.4 Å². The average molecular weight is 355 g/mol. The highest BCUT2D eigenvalue weighted by Crippen LogP contribution is 2.27. The lowest BCUT2D eigenvalue weighted by atomic mass is 10.1. The Hall–Kier alpha value is -2.79. The molecule has 25 heavy (non-hydrogen) atoms. The number of halogens is 1. The van der Waals surface area contributed by atoms with Crippen molar-refractivity contribution in [2.24, 2.45) is 0 Å². The van der Waals surface area contributed by atoms with Gasteiger partial charge in [-0.15, -0.1) is 0 Å². The topological polar surface area (TPSA) is 62.4 Å². The molecular weight excluding hydrogens is 340 g/mol. The predicted molar refractivity (Wildman–Crippen MR) is 96.3 cm³/mol. The van der Waals surface area contributed by atoms with E-state index in [1.807, 2.05) is 24.3 Å². The summed E-state index contributed by atoms with van der Waals surface area (Å²) in [5, 5.41) is 1.40. The molecule has 0 saturated carbocycles. The summed E-state index contributed by atoms with van der Waals surface area (Å²) in [5.74, 6) is 0.399. The van der Waals surface area contributed by atoms with E-state index in [4.69, 9.17) is 16.3 Å². The summed E-state index contributed by atoms with van der Waals surface area (Å²) in [6, 6.07) is 14.4. The van der Waals surface area contributed by atoms with Gasteiger partial charge in [0.05, 0.1) is 6.54 Å². The second-order valence-corrected chi connectivity index (χ2v) is 6.36. The zero-order valence-electron chi connectivity index (χ0n) is 13.3. The zero-order valence-corrected chi connectivity index (χ0v) is 14.0. The molecule has 2 heterocycles. The number of nitrogens with zero attached hydrogens (tertiary/aromatic N) is 1. The van der Waals surface area contributed by atoms with Gasteiger partial charge in [-0.3, -0.25) is 9.59 Å². The number of aromatic amines is 1. The van der Waals surface area contributed by atoms with Crippen LogP contribution in [0.3, 0.4) is 0 Å². The molecule has 126 valence electrons. The van der Waals surface area contributed by atoms with Crippen LogP contribution in [0.1, 0.15) is 15.9 Å². The Balaban J connectivity index is 1.71. The number of benzene rings is 2. The van der Waals surface area contributed by atoms with Gasteiger partial charge in [0.25, 0.3) is 11.5 Å². The minimum absolute atomic E-state index is 0.129. The Morgan fingerprint density at radius 3 is 2.88 bits per heavy atom. The van der Waals surface area contributed by atoms with Crippen LogP contribution in [-0.2, 0) is 6.54 Å². The second kappa shape index (κ2) is 6.26. The van der Waals surface area contributed by atoms with Gasteiger partial charge in [0.1, 0.15) is 17.9 Å². The number of pyridine rings is 1. The average Bonchev–Trinajstić information content (AvgIpc) is 2.82. The van der Waals surface area contributed by atoms with Crippen LogP contribution >= 0.6 is 11.6 Å². The number of para-hydroxylation sites is 1. The van der Waals surface area contributed by atoms with Gasteiger partial charge in [0.2, 0.25) is 0 Å². The van der Waals surface area contributed by atoms with E-state index in [9.17, 15) is 9.59 Å². The third-order valence-corrected chi connectivity index (χ3v) is 4.51. The van der Waals surface area contributed by atoms with Crippen LogP contribution < -0.4 is 10.3 Å². The Bertz CT molecular complexity index is 1030. The molecule has 1 N–H and O–H groups in total. The van der Waals surface area contributed by atoms with Crippen molar-refractivity contribution in [2.45, 2.75) is 6.54 Å². The van der Waals surface area contributed by atoms with Crippen molar-refractivity contribution in [1.82, 2.24) is 9.88 Å². The van der Waals surface area contributed by atoms with Crippen molar-refractivity contribution in [3.63, 3.8) is 0 Å². The molecule has 0 fully saturated rings. The second-order valence-electron chi connectivity index (χ2n) is 5.93. The fourth-order valence-corrected chi connectivity index (χ4v) is 3.21. The number of hydrogen-bond acceptors (Lipinski definition) is 3. The third-order valence-electron chi connectivity index (χ3n) is 4.27. The molecule has 0 atom stereocenters. The first kappa shape index (κ1) is 15.7. The Kier molecular flexibility index (Phi) is 3.93. The summed E-state index contributed by atoms with van der Waals surface area (Å²) in [6.07, 6.45) is 0.